The molecule has 0 fully saturated rings. The van der Waals surface area contributed by atoms with Crippen LogP contribution in [-0.4, -0.2) is 9.55 Å². The van der Waals surface area contributed by atoms with E-state index in [1.807, 2.05) is 12.1 Å². The van der Waals surface area contributed by atoms with Crippen LogP contribution in [0.5, 0.6) is 0 Å². The molecule has 5 heteroatoms. The van der Waals surface area contributed by atoms with Gasteiger partial charge in [-0.05, 0) is 32.5 Å². The van der Waals surface area contributed by atoms with Gasteiger partial charge in [0.2, 0.25) is 0 Å². The standard InChI is InChI=1S/C15H16BrClN2O/c1-15(2,3)11-6-4-10(5-7-11)8-19-9-18-13(17)12(16)14(19)20/h4-7,9H,8H2,1-3H3. The minimum Gasteiger partial charge on any atom is -0.294 e. The molecular weight excluding hydrogens is 340 g/mol. The van der Waals surface area contributed by atoms with Crippen LogP contribution in [0.15, 0.2) is 39.9 Å². The van der Waals surface area contributed by atoms with Crippen LogP contribution in [0.2, 0.25) is 5.15 Å². The largest absolute Gasteiger partial charge is 0.294 e. The van der Waals surface area contributed by atoms with Crippen molar-refractivity contribution >= 4 is 27.5 Å². The Morgan fingerprint density at radius 1 is 1.25 bits per heavy atom. The highest BCUT2D eigenvalue weighted by molar-refractivity contribution is 9.10. The van der Waals surface area contributed by atoms with Gasteiger partial charge < -0.3 is 0 Å². The second-order valence-corrected chi connectivity index (χ2v) is 6.88. The van der Waals surface area contributed by atoms with Gasteiger partial charge in [0.15, 0.2) is 5.15 Å². The van der Waals surface area contributed by atoms with E-state index in [4.69, 9.17) is 11.6 Å². The molecule has 0 saturated carbocycles. The summed E-state index contributed by atoms with van der Waals surface area (Å²) in [4.78, 5) is 16.0. The molecule has 1 heterocycles. The second-order valence-electron chi connectivity index (χ2n) is 5.73. The molecule has 0 unspecified atom stereocenters. The zero-order chi connectivity index (χ0) is 14.9. The van der Waals surface area contributed by atoms with Gasteiger partial charge in [-0.15, -0.1) is 0 Å². The van der Waals surface area contributed by atoms with E-state index in [-0.39, 0.29) is 16.1 Å². The van der Waals surface area contributed by atoms with E-state index in [2.05, 4.69) is 53.8 Å². The van der Waals surface area contributed by atoms with Gasteiger partial charge >= 0.3 is 0 Å². The number of nitrogens with zero attached hydrogens (tertiary/aromatic N) is 2. The predicted octanol–water partition coefficient (Wildman–Crippen LogP) is 4.01. The molecule has 0 saturated heterocycles. The molecule has 2 aromatic rings. The molecule has 0 N–H and O–H groups in total. The zero-order valence-corrected chi connectivity index (χ0v) is 14.0. The van der Waals surface area contributed by atoms with Crippen molar-refractivity contribution in [1.82, 2.24) is 9.55 Å². The topological polar surface area (TPSA) is 34.9 Å². The molecule has 0 aliphatic rings. The molecule has 0 amide bonds. The molecule has 20 heavy (non-hydrogen) atoms. The van der Waals surface area contributed by atoms with Gasteiger partial charge in [0, 0.05) is 0 Å². The summed E-state index contributed by atoms with van der Waals surface area (Å²) in [7, 11) is 0. The lowest BCUT2D eigenvalue weighted by Crippen LogP contribution is -2.22. The number of hydrogen-bond donors (Lipinski definition) is 0. The van der Waals surface area contributed by atoms with Crippen LogP contribution in [0.1, 0.15) is 31.9 Å². The van der Waals surface area contributed by atoms with E-state index < -0.39 is 0 Å². The van der Waals surface area contributed by atoms with Gasteiger partial charge in [-0.1, -0.05) is 56.6 Å². The summed E-state index contributed by atoms with van der Waals surface area (Å²) >= 11 is 8.94. The first-order valence-electron chi connectivity index (χ1n) is 6.29. The van der Waals surface area contributed by atoms with E-state index >= 15 is 0 Å². The second kappa shape index (κ2) is 5.70. The molecule has 0 bridgehead atoms. The maximum Gasteiger partial charge on any atom is 0.269 e. The summed E-state index contributed by atoms with van der Waals surface area (Å²) in [6, 6.07) is 8.27. The van der Waals surface area contributed by atoms with Crippen molar-refractivity contribution in [3.8, 4) is 0 Å². The van der Waals surface area contributed by atoms with Crippen LogP contribution in [0.4, 0.5) is 0 Å². The van der Waals surface area contributed by atoms with Gasteiger partial charge in [0.05, 0.1) is 12.9 Å². The Labute approximate surface area is 131 Å². The fraction of sp³-hybridized carbons (Fsp3) is 0.333. The molecule has 3 nitrogen and oxygen atoms in total. The van der Waals surface area contributed by atoms with Gasteiger partial charge in [-0.2, -0.15) is 0 Å². The molecule has 1 aromatic carbocycles. The Bertz CT molecular complexity index is 672. The molecule has 2 rings (SSSR count). The molecule has 0 aliphatic carbocycles. The van der Waals surface area contributed by atoms with Gasteiger partial charge in [-0.25, -0.2) is 4.98 Å². The van der Waals surface area contributed by atoms with Crippen LogP contribution < -0.4 is 5.56 Å². The van der Waals surface area contributed by atoms with Crippen molar-refractivity contribution in [3.63, 3.8) is 0 Å². The third-order valence-corrected chi connectivity index (χ3v) is 4.34. The van der Waals surface area contributed by atoms with E-state index in [0.29, 0.717) is 11.0 Å². The van der Waals surface area contributed by atoms with Crippen molar-refractivity contribution in [1.29, 1.82) is 0 Å². The highest BCUT2D eigenvalue weighted by atomic mass is 79.9. The zero-order valence-electron chi connectivity index (χ0n) is 11.7. The van der Waals surface area contributed by atoms with Crippen LogP contribution >= 0.6 is 27.5 Å². The number of halogens is 2. The fourth-order valence-electron chi connectivity index (χ4n) is 1.86. The van der Waals surface area contributed by atoms with Crippen molar-refractivity contribution < 1.29 is 0 Å². The number of hydrogen-bond acceptors (Lipinski definition) is 2. The maximum absolute atomic E-state index is 12.0. The number of aromatic nitrogens is 2. The SMILES string of the molecule is CC(C)(C)c1ccc(Cn2cnc(Cl)c(Br)c2=O)cc1. The Kier molecular flexibility index (Phi) is 4.35. The Morgan fingerprint density at radius 2 is 1.85 bits per heavy atom. The molecule has 0 aliphatic heterocycles. The van der Waals surface area contributed by atoms with Crippen LogP contribution in [0, 0.1) is 0 Å². The summed E-state index contributed by atoms with van der Waals surface area (Å²) in [5, 5.41) is 0.189. The van der Waals surface area contributed by atoms with E-state index in [1.54, 1.807) is 0 Å². The van der Waals surface area contributed by atoms with Crippen LogP contribution in [-0.2, 0) is 12.0 Å². The average molecular weight is 356 g/mol. The number of benzene rings is 1. The lowest BCUT2D eigenvalue weighted by Gasteiger charge is -2.19. The predicted molar refractivity (Wildman–Crippen MR) is 85.5 cm³/mol. The molecule has 0 radical (unpaired) electrons. The normalized spacial score (nSPS) is 11.7. The van der Waals surface area contributed by atoms with E-state index in [1.165, 1.54) is 16.5 Å². The minimum atomic E-state index is -0.176. The summed E-state index contributed by atoms with van der Waals surface area (Å²) in [5.41, 5.74) is 2.27. The molecule has 0 spiro atoms. The maximum atomic E-state index is 12.0. The molecule has 0 atom stereocenters. The van der Waals surface area contributed by atoms with Gasteiger partial charge in [-0.3, -0.25) is 9.36 Å². The fourth-order valence-corrected chi connectivity index (χ4v) is 2.32. The van der Waals surface area contributed by atoms with Crippen molar-refractivity contribution in [2.75, 3.05) is 0 Å². The van der Waals surface area contributed by atoms with Crippen molar-refractivity contribution in [2.45, 2.75) is 32.7 Å². The molecular formula is C15H16BrClN2O. The summed E-state index contributed by atoms with van der Waals surface area (Å²) in [5.74, 6) is 0. The third-order valence-electron chi connectivity index (χ3n) is 3.11. The van der Waals surface area contributed by atoms with Crippen LogP contribution in [0.25, 0.3) is 0 Å². The van der Waals surface area contributed by atoms with Gasteiger partial charge in [0.25, 0.3) is 5.56 Å². The number of rotatable bonds is 2. The first-order chi connectivity index (χ1) is 9.29. The van der Waals surface area contributed by atoms with Crippen molar-refractivity contribution in [3.05, 3.63) is 61.7 Å². The highest BCUT2D eigenvalue weighted by Crippen LogP contribution is 2.22. The van der Waals surface area contributed by atoms with E-state index in [9.17, 15) is 4.79 Å². The van der Waals surface area contributed by atoms with Crippen molar-refractivity contribution in [2.24, 2.45) is 0 Å². The Morgan fingerprint density at radius 3 is 2.40 bits per heavy atom. The lowest BCUT2D eigenvalue weighted by atomic mass is 9.87. The quantitative estimate of drug-likeness (QED) is 0.763. The minimum absolute atomic E-state index is 0.125. The average Bonchev–Trinajstić information content (AvgIpc) is 2.39. The first-order valence-corrected chi connectivity index (χ1v) is 7.46. The third kappa shape index (κ3) is 3.30. The summed E-state index contributed by atoms with van der Waals surface area (Å²) in [6.45, 7) is 7.00. The highest BCUT2D eigenvalue weighted by Gasteiger charge is 2.13. The smallest absolute Gasteiger partial charge is 0.269 e. The molecule has 1 aromatic heterocycles. The lowest BCUT2D eigenvalue weighted by molar-refractivity contribution is 0.589. The monoisotopic (exact) mass is 354 g/mol. The van der Waals surface area contributed by atoms with Crippen LogP contribution in [0.3, 0.4) is 0 Å². The summed E-state index contributed by atoms with van der Waals surface area (Å²) < 4.78 is 1.83. The molecule has 106 valence electrons. The Hall–Kier alpha value is -1.13. The summed E-state index contributed by atoms with van der Waals surface area (Å²) in [6.07, 6.45) is 1.47. The van der Waals surface area contributed by atoms with Gasteiger partial charge in [0.1, 0.15) is 4.47 Å². The first kappa shape index (κ1) is 15.3. The van der Waals surface area contributed by atoms with E-state index in [0.717, 1.165) is 5.56 Å². The Balaban J connectivity index is 2.28.